The van der Waals surface area contributed by atoms with E-state index in [-0.39, 0.29) is 11.6 Å². The highest BCUT2D eigenvalue weighted by atomic mass is 35.5. The minimum Gasteiger partial charge on any atom is -0.369 e. The number of halogens is 3. The molecule has 2 fully saturated rings. The maximum Gasteiger partial charge on any atom is 0.129 e. The van der Waals surface area contributed by atoms with Crippen LogP contribution in [0.4, 0.5) is 14.5 Å². The number of likely N-dealkylation sites (tertiary alicyclic amines) is 1. The van der Waals surface area contributed by atoms with E-state index in [2.05, 4.69) is 14.7 Å². The quantitative estimate of drug-likeness (QED) is 0.746. The second kappa shape index (κ2) is 8.76. The molecule has 0 amide bonds. The van der Waals surface area contributed by atoms with E-state index in [1.165, 1.54) is 24.6 Å². The number of rotatable bonds is 4. The number of hydrogen-bond donors (Lipinski definition) is 0. The second-order valence-electron chi connectivity index (χ2n) is 7.73. The fourth-order valence-corrected chi connectivity index (χ4v) is 4.60. The van der Waals surface area contributed by atoms with Gasteiger partial charge in [0.25, 0.3) is 0 Å². The van der Waals surface area contributed by atoms with E-state index >= 15 is 0 Å². The highest BCUT2D eigenvalue weighted by Gasteiger charge is 2.28. The van der Waals surface area contributed by atoms with Crippen molar-refractivity contribution in [1.29, 1.82) is 0 Å². The van der Waals surface area contributed by atoms with E-state index in [0.29, 0.717) is 23.2 Å². The number of benzene rings is 2. The van der Waals surface area contributed by atoms with Gasteiger partial charge < -0.3 is 4.90 Å². The van der Waals surface area contributed by atoms with Gasteiger partial charge in [-0.3, -0.25) is 9.80 Å². The SMILES string of the molecule is Fc1ccc(N2CCN(C3CCCN(Cc4c(F)cccc4Cl)C3)CC2)cc1. The van der Waals surface area contributed by atoms with E-state index in [1.54, 1.807) is 12.1 Å². The zero-order valence-electron chi connectivity index (χ0n) is 16.0. The van der Waals surface area contributed by atoms with Crippen LogP contribution in [-0.2, 0) is 6.54 Å². The Labute approximate surface area is 170 Å². The van der Waals surface area contributed by atoms with Crippen molar-refractivity contribution in [3.63, 3.8) is 0 Å². The molecular formula is C22H26ClF2N3. The predicted octanol–water partition coefficient (Wildman–Crippen LogP) is 4.40. The van der Waals surface area contributed by atoms with Gasteiger partial charge in [-0.2, -0.15) is 0 Å². The molecule has 2 aromatic carbocycles. The molecule has 28 heavy (non-hydrogen) atoms. The highest BCUT2D eigenvalue weighted by molar-refractivity contribution is 6.31. The molecule has 0 bridgehead atoms. The fourth-order valence-electron chi connectivity index (χ4n) is 4.38. The van der Waals surface area contributed by atoms with Gasteiger partial charge >= 0.3 is 0 Å². The molecule has 0 aromatic heterocycles. The van der Waals surface area contributed by atoms with Gasteiger partial charge in [-0.05, 0) is 55.8 Å². The van der Waals surface area contributed by atoms with Crippen molar-refractivity contribution in [3.8, 4) is 0 Å². The minimum absolute atomic E-state index is 0.195. The standard InChI is InChI=1S/C22H26ClF2N3/c23-21-4-1-5-22(25)20(21)16-26-10-2-3-19(15-26)28-13-11-27(12-14-28)18-8-6-17(24)7-9-18/h1,4-9,19H,2-3,10-16H2. The van der Waals surface area contributed by atoms with Crippen molar-refractivity contribution < 1.29 is 8.78 Å². The monoisotopic (exact) mass is 405 g/mol. The van der Waals surface area contributed by atoms with Gasteiger partial charge in [0.1, 0.15) is 11.6 Å². The largest absolute Gasteiger partial charge is 0.369 e. The van der Waals surface area contributed by atoms with Crippen molar-refractivity contribution in [3.05, 3.63) is 64.7 Å². The predicted molar refractivity (Wildman–Crippen MR) is 110 cm³/mol. The van der Waals surface area contributed by atoms with Crippen LogP contribution in [-0.4, -0.2) is 55.1 Å². The summed E-state index contributed by atoms with van der Waals surface area (Å²) in [6.45, 7) is 6.38. The third-order valence-corrected chi connectivity index (χ3v) is 6.30. The first-order valence-electron chi connectivity index (χ1n) is 10.00. The normalized spacial score (nSPS) is 21.8. The number of piperidine rings is 1. The van der Waals surface area contributed by atoms with E-state index in [1.807, 2.05) is 12.1 Å². The van der Waals surface area contributed by atoms with E-state index in [9.17, 15) is 8.78 Å². The molecule has 0 N–H and O–H groups in total. The van der Waals surface area contributed by atoms with Crippen LogP contribution < -0.4 is 4.90 Å². The van der Waals surface area contributed by atoms with Crippen molar-refractivity contribution in [2.24, 2.45) is 0 Å². The summed E-state index contributed by atoms with van der Waals surface area (Å²) >= 11 is 6.21. The topological polar surface area (TPSA) is 9.72 Å². The summed E-state index contributed by atoms with van der Waals surface area (Å²) in [5, 5.41) is 0.509. The van der Waals surface area contributed by atoms with Gasteiger partial charge in [0.05, 0.1) is 0 Å². The number of hydrogen-bond acceptors (Lipinski definition) is 3. The molecule has 0 radical (unpaired) electrons. The Balaban J connectivity index is 1.33. The van der Waals surface area contributed by atoms with Gasteiger partial charge in [-0.15, -0.1) is 0 Å². The van der Waals surface area contributed by atoms with Crippen molar-refractivity contribution in [2.45, 2.75) is 25.4 Å². The maximum absolute atomic E-state index is 14.1. The van der Waals surface area contributed by atoms with Crippen LogP contribution in [0.2, 0.25) is 5.02 Å². The molecule has 3 nitrogen and oxygen atoms in total. The average molecular weight is 406 g/mol. The first-order valence-corrected chi connectivity index (χ1v) is 10.4. The molecule has 2 saturated heterocycles. The minimum atomic E-state index is -0.220. The lowest BCUT2D eigenvalue weighted by Crippen LogP contribution is -2.55. The maximum atomic E-state index is 14.1. The number of nitrogens with zero attached hydrogens (tertiary/aromatic N) is 3. The van der Waals surface area contributed by atoms with Gasteiger partial charge in [-0.1, -0.05) is 17.7 Å². The van der Waals surface area contributed by atoms with Gasteiger partial charge in [0.15, 0.2) is 0 Å². The lowest BCUT2D eigenvalue weighted by Gasteiger charge is -2.44. The third kappa shape index (κ3) is 4.48. The molecule has 0 spiro atoms. The smallest absolute Gasteiger partial charge is 0.129 e. The summed E-state index contributed by atoms with van der Waals surface area (Å²) in [6, 6.07) is 12.1. The van der Waals surface area contributed by atoms with Gasteiger partial charge in [0, 0.05) is 61.6 Å². The lowest BCUT2D eigenvalue weighted by molar-refractivity contribution is 0.0882. The van der Waals surface area contributed by atoms with E-state index in [4.69, 9.17) is 11.6 Å². The van der Waals surface area contributed by atoms with E-state index in [0.717, 1.165) is 51.4 Å². The Morgan fingerprint density at radius 2 is 1.68 bits per heavy atom. The first kappa shape index (κ1) is 19.6. The average Bonchev–Trinajstić information content (AvgIpc) is 2.72. The molecule has 6 heteroatoms. The molecule has 2 aliphatic heterocycles. The number of piperazine rings is 1. The van der Waals surface area contributed by atoms with Crippen molar-refractivity contribution in [1.82, 2.24) is 9.80 Å². The van der Waals surface area contributed by atoms with E-state index < -0.39 is 0 Å². The number of anilines is 1. The summed E-state index contributed by atoms with van der Waals surface area (Å²) in [4.78, 5) is 7.19. The summed E-state index contributed by atoms with van der Waals surface area (Å²) in [7, 11) is 0. The summed E-state index contributed by atoms with van der Waals surface area (Å²) in [5.74, 6) is -0.415. The van der Waals surface area contributed by atoms with Crippen molar-refractivity contribution in [2.75, 3.05) is 44.2 Å². The Kier molecular flexibility index (Phi) is 6.14. The van der Waals surface area contributed by atoms with Crippen LogP contribution in [0.1, 0.15) is 18.4 Å². The molecule has 0 saturated carbocycles. The molecule has 1 unspecified atom stereocenters. The van der Waals surface area contributed by atoms with Crippen LogP contribution in [0, 0.1) is 11.6 Å². The molecule has 2 aromatic rings. The van der Waals surface area contributed by atoms with Crippen LogP contribution in [0.15, 0.2) is 42.5 Å². The van der Waals surface area contributed by atoms with Gasteiger partial charge in [0.2, 0.25) is 0 Å². The van der Waals surface area contributed by atoms with Crippen LogP contribution >= 0.6 is 11.6 Å². The summed E-state index contributed by atoms with van der Waals surface area (Å²) in [6.07, 6.45) is 2.30. The first-order chi connectivity index (χ1) is 13.6. The molecule has 0 aliphatic carbocycles. The molecule has 1 atom stereocenters. The zero-order valence-corrected chi connectivity index (χ0v) is 16.7. The summed E-state index contributed by atoms with van der Waals surface area (Å²) < 4.78 is 27.3. The fraction of sp³-hybridized carbons (Fsp3) is 0.455. The molecular weight excluding hydrogens is 380 g/mol. The van der Waals surface area contributed by atoms with Crippen LogP contribution in [0.25, 0.3) is 0 Å². The Morgan fingerprint density at radius 3 is 2.39 bits per heavy atom. The second-order valence-corrected chi connectivity index (χ2v) is 8.14. The molecule has 2 aliphatic rings. The van der Waals surface area contributed by atoms with Crippen molar-refractivity contribution >= 4 is 17.3 Å². The van der Waals surface area contributed by atoms with Crippen LogP contribution in [0.5, 0.6) is 0 Å². The lowest BCUT2D eigenvalue weighted by atomic mass is 10.0. The highest BCUT2D eigenvalue weighted by Crippen LogP contribution is 2.25. The zero-order chi connectivity index (χ0) is 19.5. The third-order valence-electron chi connectivity index (χ3n) is 5.95. The Bertz CT molecular complexity index is 771. The van der Waals surface area contributed by atoms with Crippen LogP contribution in [0.3, 0.4) is 0 Å². The van der Waals surface area contributed by atoms with Gasteiger partial charge in [-0.25, -0.2) is 8.78 Å². The Morgan fingerprint density at radius 1 is 0.929 bits per heavy atom. The molecule has 150 valence electrons. The Hall–Kier alpha value is -1.69. The molecule has 2 heterocycles. The molecule has 4 rings (SSSR count). The summed E-state index contributed by atoms with van der Waals surface area (Å²) in [5.41, 5.74) is 1.69.